The molecule has 0 amide bonds. The Morgan fingerprint density at radius 1 is 1.00 bits per heavy atom. The van der Waals surface area contributed by atoms with Crippen molar-refractivity contribution >= 4 is 18.0 Å². The van der Waals surface area contributed by atoms with Gasteiger partial charge in [-0.2, -0.15) is 0 Å². The molecule has 5 nitrogen and oxygen atoms in total. The fourth-order valence-corrected chi connectivity index (χ4v) is 2.32. The summed E-state index contributed by atoms with van der Waals surface area (Å²) in [7, 11) is 0. The monoisotopic (exact) mass is 305 g/mol. The third-order valence-electron chi connectivity index (χ3n) is 3.46. The second-order valence-corrected chi connectivity index (χ2v) is 5.05. The maximum Gasteiger partial charge on any atom is 0.343 e. The van der Waals surface area contributed by atoms with Crippen LogP contribution in [0.1, 0.15) is 17.0 Å². The molecule has 1 heterocycles. The zero-order valence-corrected chi connectivity index (χ0v) is 12.4. The summed E-state index contributed by atoms with van der Waals surface area (Å²) in [5, 5.41) is 11.2. The number of hydrogen-bond donors (Lipinski definition) is 0. The third kappa shape index (κ3) is 3.52. The summed E-state index contributed by atoms with van der Waals surface area (Å²) in [6, 6.07) is 19.4. The smallest absolute Gasteiger partial charge is 0.343 e. The van der Waals surface area contributed by atoms with E-state index in [1.165, 1.54) is 6.20 Å². The third-order valence-corrected chi connectivity index (χ3v) is 3.46. The van der Waals surface area contributed by atoms with Crippen LogP contribution in [0.25, 0.3) is 12.2 Å². The molecule has 0 bridgehead atoms. The number of benzene rings is 2. The molecule has 0 atom stereocenters. The zero-order chi connectivity index (χ0) is 16.1. The summed E-state index contributed by atoms with van der Waals surface area (Å²) in [6.07, 6.45) is 4.99. The topological polar surface area (TPSA) is 61.0 Å². The normalized spacial score (nSPS) is 11.0. The molecular formula is C18H15N3O2. The van der Waals surface area contributed by atoms with Crippen LogP contribution in [-0.4, -0.2) is 14.5 Å². The van der Waals surface area contributed by atoms with Crippen molar-refractivity contribution in [1.29, 1.82) is 0 Å². The van der Waals surface area contributed by atoms with Gasteiger partial charge in [-0.05, 0) is 22.1 Å². The molecule has 3 aromatic rings. The maximum atomic E-state index is 11.2. The first-order chi connectivity index (χ1) is 11.2. The number of aromatic nitrogens is 2. The van der Waals surface area contributed by atoms with Crippen LogP contribution in [0.4, 0.5) is 5.82 Å². The average Bonchev–Trinajstić information content (AvgIpc) is 2.98. The fraction of sp³-hybridized carbons (Fsp3) is 0.0556. The quantitative estimate of drug-likeness (QED) is 0.528. The summed E-state index contributed by atoms with van der Waals surface area (Å²) < 4.78 is 1.61. The van der Waals surface area contributed by atoms with E-state index in [9.17, 15) is 10.1 Å². The molecule has 114 valence electrons. The molecule has 0 radical (unpaired) electrons. The van der Waals surface area contributed by atoms with Gasteiger partial charge in [0.05, 0.1) is 0 Å². The Labute approximate surface area is 133 Å². The van der Waals surface area contributed by atoms with Gasteiger partial charge in [-0.3, -0.25) is 0 Å². The highest BCUT2D eigenvalue weighted by molar-refractivity contribution is 5.67. The largest absolute Gasteiger partial charge is 0.358 e. The van der Waals surface area contributed by atoms with E-state index in [2.05, 4.69) is 4.98 Å². The van der Waals surface area contributed by atoms with Crippen LogP contribution in [0, 0.1) is 10.1 Å². The molecule has 0 N–H and O–H groups in total. The molecule has 0 saturated heterocycles. The van der Waals surface area contributed by atoms with Crippen LogP contribution in [0.15, 0.2) is 66.9 Å². The van der Waals surface area contributed by atoms with Crippen molar-refractivity contribution in [2.75, 3.05) is 0 Å². The summed E-state index contributed by atoms with van der Waals surface area (Å²) >= 11 is 0. The number of nitrogens with zero attached hydrogens (tertiary/aromatic N) is 3. The Morgan fingerprint density at radius 2 is 1.65 bits per heavy atom. The average molecular weight is 305 g/mol. The Balaban J connectivity index is 1.94. The predicted molar refractivity (Wildman–Crippen MR) is 89.8 cm³/mol. The lowest BCUT2D eigenvalue weighted by Gasteiger charge is -2.03. The van der Waals surface area contributed by atoms with Crippen molar-refractivity contribution in [1.82, 2.24) is 9.55 Å². The van der Waals surface area contributed by atoms with Crippen molar-refractivity contribution < 1.29 is 4.92 Å². The molecule has 0 fully saturated rings. The van der Waals surface area contributed by atoms with E-state index in [0.717, 1.165) is 11.1 Å². The molecule has 23 heavy (non-hydrogen) atoms. The molecule has 3 rings (SSSR count). The van der Waals surface area contributed by atoms with Gasteiger partial charge in [0.15, 0.2) is 0 Å². The molecule has 0 unspecified atom stereocenters. The summed E-state index contributed by atoms with van der Waals surface area (Å²) in [4.78, 5) is 15.0. The van der Waals surface area contributed by atoms with E-state index in [1.54, 1.807) is 10.6 Å². The van der Waals surface area contributed by atoms with Crippen LogP contribution < -0.4 is 0 Å². The number of hydrogen-bond acceptors (Lipinski definition) is 3. The summed E-state index contributed by atoms with van der Waals surface area (Å²) in [5.74, 6) is 0.547. The Bertz CT molecular complexity index is 824. The summed E-state index contributed by atoms with van der Waals surface area (Å²) in [5.41, 5.74) is 2.01. The number of nitro groups is 1. The van der Waals surface area contributed by atoms with E-state index in [1.807, 2.05) is 66.7 Å². The fourth-order valence-electron chi connectivity index (χ4n) is 2.32. The van der Waals surface area contributed by atoms with Gasteiger partial charge in [-0.15, -0.1) is 0 Å². The van der Waals surface area contributed by atoms with Crippen LogP contribution in [0.2, 0.25) is 0 Å². The van der Waals surface area contributed by atoms with Gasteiger partial charge in [-0.1, -0.05) is 60.7 Å². The highest BCUT2D eigenvalue weighted by atomic mass is 16.6. The molecule has 0 aliphatic rings. The minimum absolute atomic E-state index is 0.0124. The molecular weight excluding hydrogens is 290 g/mol. The SMILES string of the molecule is O=[N+]([O-])c1cnc(/C=C/c2ccccc2)n1Cc1ccccc1. The van der Waals surface area contributed by atoms with Crippen LogP contribution >= 0.6 is 0 Å². The van der Waals surface area contributed by atoms with Crippen LogP contribution in [-0.2, 0) is 6.54 Å². The number of imidazole rings is 1. The molecule has 1 aromatic heterocycles. The minimum Gasteiger partial charge on any atom is -0.358 e. The second kappa shape index (κ2) is 6.70. The van der Waals surface area contributed by atoms with Crippen molar-refractivity contribution in [2.45, 2.75) is 6.54 Å². The van der Waals surface area contributed by atoms with Gasteiger partial charge in [0, 0.05) is 6.08 Å². The standard InChI is InChI=1S/C18H15N3O2/c22-21(23)18-13-19-17(12-11-15-7-3-1-4-8-15)20(18)14-16-9-5-2-6-10-16/h1-13H,14H2/b12-11+. The van der Waals surface area contributed by atoms with E-state index >= 15 is 0 Å². The Kier molecular flexibility index (Phi) is 4.29. The highest BCUT2D eigenvalue weighted by Crippen LogP contribution is 2.18. The molecule has 0 spiro atoms. The maximum absolute atomic E-state index is 11.2. The van der Waals surface area contributed by atoms with Crippen molar-refractivity contribution in [3.8, 4) is 0 Å². The molecule has 5 heteroatoms. The molecule has 0 aliphatic heterocycles. The van der Waals surface area contributed by atoms with Gasteiger partial charge >= 0.3 is 5.82 Å². The first kappa shape index (κ1) is 14.7. The predicted octanol–water partition coefficient (Wildman–Crippen LogP) is 4.01. The van der Waals surface area contributed by atoms with E-state index in [-0.39, 0.29) is 5.82 Å². The van der Waals surface area contributed by atoms with Crippen molar-refractivity contribution in [3.63, 3.8) is 0 Å². The van der Waals surface area contributed by atoms with E-state index in [4.69, 9.17) is 0 Å². The minimum atomic E-state index is -0.407. The molecule has 0 saturated carbocycles. The van der Waals surface area contributed by atoms with Crippen molar-refractivity contribution in [3.05, 3.63) is 93.9 Å². The van der Waals surface area contributed by atoms with E-state index in [0.29, 0.717) is 12.4 Å². The second-order valence-electron chi connectivity index (χ2n) is 5.05. The first-order valence-electron chi connectivity index (χ1n) is 7.21. The van der Waals surface area contributed by atoms with Gasteiger partial charge in [0.2, 0.25) is 5.82 Å². The Morgan fingerprint density at radius 3 is 2.30 bits per heavy atom. The van der Waals surface area contributed by atoms with Gasteiger partial charge in [0.25, 0.3) is 0 Å². The number of rotatable bonds is 5. The van der Waals surface area contributed by atoms with Gasteiger partial charge in [0.1, 0.15) is 12.7 Å². The molecule has 2 aromatic carbocycles. The highest BCUT2D eigenvalue weighted by Gasteiger charge is 2.18. The Hall–Kier alpha value is -3.21. The van der Waals surface area contributed by atoms with Gasteiger partial charge in [-0.25, -0.2) is 9.55 Å². The lowest BCUT2D eigenvalue weighted by Crippen LogP contribution is -2.06. The summed E-state index contributed by atoms with van der Waals surface area (Å²) in [6.45, 7) is 0.408. The zero-order valence-electron chi connectivity index (χ0n) is 12.4. The molecule has 0 aliphatic carbocycles. The van der Waals surface area contributed by atoms with Gasteiger partial charge < -0.3 is 10.1 Å². The van der Waals surface area contributed by atoms with E-state index < -0.39 is 4.92 Å². The van der Waals surface area contributed by atoms with Crippen LogP contribution in [0.3, 0.4) is 0 Å². The van der Waals surface area contributed by atoms with Crippen molar-refractivity contribution in [2.24, 2.45) is 0 Å². The van der Waals surface area contributed by atoms with Crippen LogP contribution in [0.5, 0.6) is 0 Å². The first-order valence-corrected chi connectivity index (χ1v) is 7.21. The lowest BCUT2D eigenvalue weighted by atomic mass is 10.2. The lowest BCUT2D eigenvalue weighted by molar-refractivity contribution is -0.392.